The summed E-state index contributed by atoms with van der Waals surface area (Å²) in [6.07, 6.45) is 6.42. The van der Waals surface area contributed by atoms with E-state index in [1.165, 1.54) is 22.3 Å². The zero-order valence-electron chi connectivity index (χ0n) is 34.9. The average Bonchev–Trinajstić information content (AvgIpc) is 4.20. The third-order valence-electron chi connectivity index (χ3n) is 12.8. The standard InChI is InChI=1S/2C24H28N4O2/c2*1-29-21-9-5-6-19(18-21)10-13-27-14-16-28(17-15-27)23-25-22(26-30-23)24(11-12-24)20-7-3-2-4-8-20/h2*2-9,18H,10-17H2,1H3. The van der Waals surface area contributed by atoms with E-state index in [0.29, 0.717) is 12.0 Å². The van der Waals surface area contributed by atoms with E-state index >= 15 is 0 Å². The number of piperazine rings is 2. The van der Waals surface area contributed by atoms with Crippen molar-refractivity contribution >= 4 is 12.0 Å². The second-order valence-electron chi connectivity index (χ2n) is 16.6. The van der Waals surface area contributed by atoms with Crippen molar-refractivity contribution < 1.29 is 18.5 Å². The summed E-state index contributed by atoms with van der Waals surface area (Å²) in [4.78, 5) is 19.0. The molecule has 0 spiro atoms. The van der Waals surface area contributed by atoms with Crippen LogP contribution in [0.15, 0.2) is 118 Å². The van der Waals surface area contributed by atoms with E-state index in [-0.39, 0.29) is 10.8 Å². The van der Waals surface area contributed by atoms with Crippen LogP contribution in [0.4, 0.5) is 12.0 Å². The van der Waals surface area contributed by atoms with Gasteiger partial charge in [-0.15, -0.1) is 0 Å². The molecule has 12 nitrogen and oxygen atoms in total. The van der Waals surface area contributed by atoms with Crippen molar-refractivity contribution in [2.45, 2.75) is 49.4 Å². The lowest BCUT2D eigenvalue weighted by Crippen LogP contribution is -2.47. The maximum atomic E-state index is 5.67. The van der Waals surface area contributed by atoms with Gasteiger partial charge >= 0.3 is 12.0 Å². The molecular weight excluding hydrogens is 753 g/mol. The van der Waals surface area contributed by atoms with Crippen LogP contribution in [0.5, 0.6) is 11.5 Å². The van der Waals surface area contributed by atoms with E-state index in [9.17, 15) is 0 Å². The smallest absolute Gasteiger partial charge is 0.324 e. The van der Waals surface area contributed by atoms with Crippen LogP contribution in [-0.2, 0) is 23.7 Å². The Labute approximate surface area is 353 Å². The summed E-state index contributed by atoms with van der Waals surface area (Å²) < 4.78 is 22.0. The van der Waals surface area contributed by atoms with E-state index in [2.05, 4.69) is 127 Å². The number of ether oxygens (including phenoxy) is 2. The molecule has 60 heavy (non-hydrogen) atoms. The number of nitrogens with zero attached hydrogens (tertiary/aromatic N) is 8. The minimum Gasteiger partial charge on any atom is -0.497 e. The predicted molar refractivity (Wildman–Crippen MR) is 232 cm³/mol. The SMILES string of the molecule is COc1cccc(CCN2CCN(c3nc(C4(c5ccccc5)CC4)no3)CC2)c1.COc1cccc(CCN2CCN(c3nc(C4(c5ccccc5)CC4)no3)CC2)c1. The first kappa shape index (κ1) is 39.7. The van der Waals surface area contributed by atoms with Crippen molar-refractivity contribution in [1.82, 2.24) is 30.1 Å². The maximum absolute atomic E-state index is 5.67. The van der Waals surface area contributed by atoms with Gasteiger partial charge in [0.2, 0.25) is 0 Å². The van der Waals surface area contributed by atoms with Gasteiger partial charge in [0.05, 0.1) is 25.0 Å². The van der Waals surface area contributed by atoms with E-state index in [4.69, 9.17) is 28.5 Å². The molecule has 4 aromatic carbocycles. The molecule has 10 rings (SSSR count). The molecule has 0 unspecified atom stereocenters. The molecule has 2 aromatic heterocycles. The Bertz CT molecular complexity index is 2110. The molecule has 2 saturated heterocycles. The lowest BCUT2D eigenvalue weighted by atomic mass is 9.95. The van der Waals surface area contributed by atoms with Gasteiger partial charge in [-0.3, -0.25) is 9.80 Å². The molecule has 0 atom stereocenters. The van der Waals surface area contributed by atoms with Gasteiger partial charge in [0.25, 0.3) is 0 Å². The van der Waals surface area contributed by atoms with E-state index in [1.54, 1.807) is 14.2 Å². The Morgan fingerprint density at radius 1 is 0.500 bits per heavy atom. The number of aromatic nitrogens is 4. The van der Waals surface area contributed by atoms with Crippen molar-refractivity contribution in [1.29, 1.82) is 0 Å². The zero-order chi connectivity index (χ0) is 40.8. The summed E-state index contributed by atoms with van der Waals surface area (Å²) >= 11 is 0. The maximum Gasteiger partial charge on any atom is 0.324 e. The highest BCUT2D eigenvalue weighted by atomic mass is 16.5. The minimum atomic E-state index is -0.0401. The first-order chi connectivity index (χ1) is 29.5. The number of rotatable bonds is 14. The molecule has 0 bridgehead atoms. The van der Waals surface area contributed by atoms with Crippen LogP contribution in [-0.4, -0.2) is 110 Å². The minimum absolute atomic E-state index is 0.0401. The molecule has 0 N–H and O–H groups in total. The Hall–Kier alpha value is -5.72. The highest BCUT2D eigenvalue weighted by Crippen LogP contribution is 2.53. The number of benzene rings is 4. The van der Waals surface area contributed by atoms with E-state index in [0.717, 1.165) is 127 Å². The monoisotopic (exact) mass is 808 g/mol. The summed E-state index contributed by atoms with van der Waals surface area (Å²) in [5, 5.41) is 8.72. The van der Waals surface area contributed by atoms with Crippen molar-refractivity contribution in [3.05, 3.63) is 143 Å². The summed E-state index contributed by atoms with van der Waals surface area (Å²) in [6, 6.07) is 39.1. The number of hydrogen-bond donors (Lipinski definition) is 0. The van der Waals surface area contributed by atoms with Gasteiger partial charge in [0, 0.05) is 65.4 Å². The normalized spacial score (nSPS) is 18.4. The van der Waals surface area contributed by atoms with E-state index < -0.39 is 0 Å². The molecule has 0 amide bonds. The fraction of sp³-hybridized carbons (Fsp3) is 0.417. The van der Waals surface area contributed by atoms with Gasteiger partial charge in [-0.25, -0.2) is 0 Å². The summed E-state index contributed by atoms with van der Waals surface area (Å²) in [5.74, 6) is 3.52. The van der Waals surface area contributed by atoms with Gasteiger partial charge in [-0.05, 0) is 85.0 Å². The summed E-state index contributed by atoms with van der Waals surface area (Å²) in [6.45, 7) is 9.78. The molecule has 4 heterocycles. The Morgan fingerprint density at radius 2 is 0.900 bits per heavy atom. The highest BCUT2D eigenvalue weighted by molar-refractivity contribution is 5.42. The highest BCUT2D eigenvalue weighted by Gasteiger charge is 2.51. The predicted octanol–water partition coefficient (Wildman–Crippen LogP) is 7.05. The molecule has 4 fully saturated rings. The van der Waals surface area contributed by atoms with Crippen molar-refractivity contribution in [2.24, 2.45) is 0 Å². The number of hydrogen-bond acceptors (Lipinski definition) is 12. The average molecular weight is 809 g/mol. The van der Waals surface area contributed by atoms with Crippen LogP contribution in [0, 0.1) is 0 Å². The van der Waals surface area contributed by atoms with Crippen molar-refractivity contribution in [3.8, 4) is 11.5 Å². The van der Waals surface area contributed by atoms with Crippen molar-refractivity contribution in [2.75, 3.05) is 89.5 Å². The van der Waals surface area contributed by atoms with Crippen LogP contribution in [0.3, 0.4) is 0 Å². The molecule has 6 aromatic rings. The zero-order valence-corrected chi connectivity index (χ0v) is 34.9. The summed E-state index contributed by atoms with van der Waals surface area (Å²) in [5.41, 5.74) is 5.13. The molecule has 2 aliphatic carbocycles. The van der Waals surface area contributed by atoms with Crippen molar-refractivity contribution in [3.63, 3.8) is 0 Å². The Kier molecular flexibility index (Phi) is 11.8. The van der Waals surface area contributed by atoms with E-state index in [1.807, 2.05) is 12.1 Å². The van der Waals surface area contributed by atoms with Crippen LogP contribution in [0.2, 0.25) is 0 Å². The van der Waals surface area contributed by atoms with Crippen LogP contribution in [0.1, 0.15) is 59.6 Å². The molecule has 0 radical (unpaired) electrons. The molecule has 12 heteroatoms. The third kappa shape index (κ3) is 8.90. The molecule has 4 aliphatic rings. The lowest BCUT2D eigenvalue weighted by Gasteiger charge is -2.33. The third-order valence-corrected chi connectivity index (χ3v) is 12.8. The molecular formula is C48H56N8O4. The van der Waals surface area contributed by atoms with Gasteiger partial charge < -0.3 is 28.3 Å². The van der Waals surface area contributed by atoms with Crippen LogP contribution >= 0.6 is 0 Å². The first-order valence-corrected chi connectivity index (χ1v) is 21.5. The van der Waals surface area contributed by atoms with Gasteiger partial charge in [-0.2, -0.15) is 9.97 Å². The van der Waals surface area contributed by atoms with Crippen LogP contribution in [0.25, 0.3) is 0 Å². The second-order valence-corrected chi connectivity index (χ2v) is 16.6. The topological polar surface area (TPSA) is 109 Å². The molecule has 2 aliphatic heterocycles. The number of methoxy groups -OCH3 is 2. The van der Waals surface area contributed by atoms with Gasteiger partial charge in [-0.1, -0.05) is 95.2 Å². The fourth-order valence-corrected chi connectivity index (χ4v) is 8.68. The summed E-state index contributed by atoms with van der Waals surface area (Å²) in [7, 11) is 3.43. The molecule has 2 saturated carbocycles. The van der Waals surface area contributed by atoms with Gasteiger partial charge in [0.1, 0.15) is 11.5 Å². The lowest BCUT2D eigenvalue weighted by molar-refractivity contribution is 0.253. The van der Waals surface area contributed by atoms with Crippen LogP contribution < -0.4 is 19.3 Å². The Balaban J connectivity index is 0.000000154. The largest absolute Gasteiger partial charge is 0.497 e. The Morgan fingerprint density at radius 3 is 1.27 bits per heavy atom. The molecule has 312 valence electrons. The number of anilines is 2. The first-order valence-electron chi connectivity index (χ1n) is 21.5. The fourth-order valence-electron chi connectivity index (χ4n) is 8.68. The second kappa shape index (κ2) is 17.9. The van der Waals surface area contributed by atoms with Gasteiger partial charge in [0.15, 0.2) is 11.6 Å². The quantitative estimate of drug-likeness (QED) is 0.113.